The Morgan fingerprint density at radius 3 is 2.48 bits per heavy atom. The number of likely N-dealkylation sites (N-methyl/N-ethyl adjacent to an activating group) is 1. The van der Waals surface area contributed by atoms with Gasteiger partial charge in [-0.25, -0.2) is 0 Å². The minimum atomic E-state index is -1.04. The van der Waals surface area contributed by atoms with Crippen molar-refractivity contribution in [2.45, 2.75) is 18.9 Å². The topological polar surface area (TPSA) is 76.1 Å². The molecule has 1 amide bonds. The fourth-order valence-corrected chi connectivity index (χ4v) is 2.16. The molecule has 1 heterocycles. The number of aliphatic carboxylic acids is 1. The number of amides is 1. The van der Waals surface area contributed by atoms with Crippen molar-refractivity contribution in [2.24, 2.45) is 0 Å². The van der Waals surface area contributed by atoms with Gasteiger partial charge in [-0.3, -0.25) is 9.59 Å². The summed E-state index contributed by atoms with van der Waals surface area (Å²) in [5.74, 6) is -0.653. The zero-order valence-electron chi connectivity index (χ0n) is 11.9. The maximum Gasteiger partial charge on any atom is 0.323 e. The lowest BCUT2D eigenvalue weighted by Gasteiger charge is -2.23. The molecule has 6 nitrogen and oxygen atoms in total. The smallest absolute Gasteiger partial charge is 0.323 e. The highest BCUT2D eigenvalue weighted by Crippen LogP contribution is 2.19. The molecule has 0 unspecified atom stereocenters. The standard InChI is InChI=1S/C15H19NO5/c1-16(10-14(17)18)15(19)11-2-4-12(5-3-11)21-13-6-8-20-9-7-13/h2-5,13H,6-10H2,1H3,(H,17,18). The summed E-state index contributed by atoms with van der Waals surface area (Å²) in [5, 5.41) is 8.68. The predicted octanol–water partition coefficient (Wildman–Crippen LogP) is 1.40. The van der Waals surface area contributed by atoms with Crippen molar-refractivity contribution in [2.75, 3.05) is 26.8 Å². The van der Waals surface area contributed by atoms with Crippen LogP contribution in [-0.2, 0) is 9.53 Å². The first-order valence-electron chi connectivity index (χ1n) is 6.88. The molecule has 1 aromatic carbocycles. The average Bonchev–Trinajstić information content (AvgIpc) is 2.47. The van der Waals surface area contributed by atoms with E-state index in [-0.39, 0.29) is 18.6 Å². The molecule has 1 saturated heterocycles. The molecule has 0 saturated carbocycles. The first-order valence-corrected chi connectivity index (χ1v) is 6.88. The maximum absolute atomic E-state index is 12.0. The lowest BCUT2D eigenvalue weighted by Crippen LogP contribution is -2.31. The van der Waals surface area contributed by atoms with E-state index in [1.807, 2.05) is 0 Å². The number of hydrogen-bond acceptors (Lipinski definition) is 4. The molecule has 1 fully saturated rings. The van der Waals surface area contributed by atoms with E-state index in [0.717, 1.165) is 17.7 Å². The summed E-state index contributed by atoms with van der Waals surface area (Å²) >= 11 is 0. The molecule has 0 aromatic heterocycles. The molecule has 0 radical (unpaired) electrons. The average molecular weight is 293 g/mol. The monoisotopic (exact) mass is 293 g/mol. The van der Waals surface area contributed by atoms with Crippen LogP contribution in [0.5, 0.6) is 5.75 Å². The van der Waals surface area contributed by atoms with Crippen molar-refractivity contribution in [3.8, 4) is 5.75 Å². The zero-order chi connectivity index (χ0) is 15.2. The first-order chi connectivity index (χ1) is 10.1. The second-order valence-electron chi connectivity index (χ2n) is 5.01. The van der Waals surface area contributed by atoms with E-state index in [1.54, 1.807) is 24.3 Å². The second-order valence-corrected chi connectivity index (χ2v) is 5.01. The summed E-state index contributed by atoms with van der Waals surface area (Å²) < 4.78 is 11.1. The summed E-state index contributed by atoms with van der Waals surface area (Å²) in [6.45, 7) is 1.10. The molecule has 6 heteroatoms. The van der Waals surface area contributed by atoms with E-state index in [1.165, 1.54) is 7.05 Å². The Labute approximate surface area is 123 Å². The number of carboxylic acids is 1. The van der Waals surface area contributed by atoms with Crippen molar-refractivity contribution in [1.82, 2.24) is 4.90 Å². The van der Waals surface area contributed by atoms with Crippen LogP contribution in [-0.4, -0.2) is 54.8 Å². The molecular formula is C15H19NO5. The molecule has 114 valence electrons. The Balaban J connectivity index is 1.94. The van der Waals surface area contributed by atoms with Crippen LogP contribution in [0.4, 0.5) is 0 Å². The van der Waals surface area contributed by atoms with Gasteiger partial charge in [0.1, 0.15) is 18.4 Å². The van der Waals surface area contributed by atoms with Crippen molar-refractivity contribution in [3.63, 3.8) is 0 Å². The molecule has 0 atom stereocenters. The molecule has 1 aromatic rings. The van der Waals surface area contributed by atoms with Crippen molar-refractivity contribution in [1.29, 1.82) is 0 Å². The van der Waals surface area contributed by atoms with Gasteiger partial charge in [-0.05, 0) is 24.3 Å². The third-order valence-electron chi connectivity index (χ3n) is 3.29. The van der Waals surface area contributed by atoms with Gasteiger partial charge in [0.15, 0.2) is 0 Å². The summed E-state index contributed by atoms with van der Waals surface area (Å²) in [6, 6.07) is 6.76. The molecule has 1 aliphatic heterocycles. The van der Waals surface area contributed by atoms with E-state index in [4.69, 9.17) is 14.6 Å². The van der Waals surface area contributed by atoms with Gasteiger partial charge in [0.2, 0.25) is 0 Å². The van der Waals surface area contributed by atoms with Crippen LogP contribution >= 0.6 is 0 Å². The fourth-order valence-electron chi connectivity index (χ4n) is 2.16. The van der Waals surface area contributed by atoms with E-state index < -0.39 is 5.97 Å². The number of hydrogen-bond donors (Lipinski definition) is 1. The molecule has 0 spiro atoms. The van der Waals surface area contributed by atoms with Gasteiger partial charge >= 0.3 is 5.97 Å². The molecular weight excluding hydrogens is 274 g/mol. The van der Waals surface area contributed by atoms with E-state index >= 15 is 0 Å². The van der Waals surface area contributed by atoms with Crippen LogP contribution in [0.15, 0.2) is 24.3 Å². The first kappa shape index (κ1) is 15.3. The number of carbonyl (C=O) groups excluding carboxylic acids is 1. The maximum atomic E-state index is 12.0. The van der Waals surface area contributed by atoms with Crippen LogP contribution in [0.25, 0.3) is 0 Å². The Bertz CT molecular complexity index is 493. The van der Waals surface area contributed by atoms with Crippen LogP contribution in [0.3, 0.4) is 0 Å². The number of carboxylic acid groups (broad SMARTS) is 1. The Kier molecular flexibility index (Phi) is 5.16. The highest BCUT2D eigenvalue weighted by Gasteiger charge is 2.17. The van der Waals surface area contributed by atoms with Gasteiger partial charge in [0, 0.05) is 25.5 Å². The van der Waals surface area contributed by atoms with Crippen LogP contribution in [0, 0.1) is 0 Å². The normalized spacial score (nSPS) is 15.5. The van der Waals surface area contributed by atoms with E-state index in [0.29, 0.717) is 24.5 Å². The molecule has 0 bridgehead atoms. The van der Waals surface area contributed by atoms with E-state index in [9.17, 15) is 9.59 Å². The Morgan fingerprint density at radius 2 is 1.90 bits per heavy atom. The van der Waals surface area contributed by atoms with Gasteiger partial charge < -0.3 is 19.5 Å². The summed E-state index contributed by atoms with van der Waals surface area (Å²) in [6.07, 6.45) is 1.87. The number of carbonyl (C=O) groups is 2. The van der Waals surface area contributed by atoms with E-state index in [2.05, 4.69) is 0 Å². The van der Waals surface area contributed by atoms with Gasteiger partial charge in [0.25, 0.3) is 5.91 Å². The number of rotatable bonds is 5. The summed E-state index contributed by atoms with van der Waals surface area (Å²) in [7, 11) is 1.46. The molecule has 0 aliphatic carbocycles. The van der Waals surface area contributed by atoms with Crippen LogP contribution in [0.2, 0.25) is 0 Å². The van der Waals surface area contributed by atoms with Gasteiger partial charge in [-0.1, -0.05) is 0 Å². The summed E-state index contributed by atoms with van der Waals surface area (Å²) in [5.41, 5.74) is 0.443. The predicted molar refractivity (Wildman–Crippen MR) is 75.5 cm³/mol. The van der Waals surface area contributed by atoms with Crippen molar-refractivity contribution in [3.05, 3.63) is 29.8 Å². The van der Waals surface area contributed by atoms with Crippen molar-refractivity contribution >= 4 is 11.9 Å². The minimum absolute atomic E-state index is 0.148. The molecule has 1 N–H and O–H groups in total. The quantitative estimate of drug-likeness (QED) is 0.888. The number of ether oxygens (including phenoxy) is 2. The third-order valence-corrected chi connectivity index (χ3v) is 3.29. The number of benzene rings is 1. The largest absolute Gasteiger partial charge is 0.490 e. The highest BCUT2D eigenvalue weighted by molar-refractivity contribution is 5.95. The van der Waals surface area contributed by atoms with Crippen LogP contribution in [0.1, 0.15) is 23.2 Å². The lowest BCUT2D eigenvalue weighted by molar-refractivity contribution is -0.137. The minimum Gasteiger partial charge on any atom is -0.490 e. The van der Waals surface area contributed by atoms with Gasteiger partial charge in [0.05, 0.1) is 13.2 Å². The van der Waals surface area contributed by atoms with Crippen molar-refractivity contribution < 1.29 is 24.2 Å². The highest BCUT2D eigenvalue weighted by atomic mass is 16.5. The summed E-state index contributed by atoms with van der Waals surface area (Å²) in [4.78, 5) is 23.7. The molecule has 2 rings (SSSR count). The SMILES string of the molecule is CN(CC(=O)O)C(=O)c1ccc(OC2CCOCC2)cc1. The van der Waals surface area contributed by atoms with Gasteiger partial charge in [-0.15, -0.1) is 0 Å². The Morgan fingerprint density at radius 1 is 1.29 bits per heavy atom. The molecule has 21 heavy (non-hydrogen) atoms. The second kappa shape index (κ2) is 7.08. The van der Waals surface area contributed by atoms with Gasteiger partial charge in [-0.2, -0.15) is 0 Å². The fraction of sp³-hybridized carbons (Fsp3) is 0.467. The Hall–Kier alpha value is -2.08. The zero-order valence-corrected chi connectivity index (χ0v) is 11.9. The number of nitrogens with zero attached hydrogens (tertiary/aromatic N) is 1. The van der Waals surface area contributed by atoms with Crippen LogP contribution < -0.4 is 4.74 Å². The molecule has 1 aliphatic rings. The lowest BCUT2D eigenvalue weighted by atomic mass is 10.1. The third kappa shape index (κ3) is 4.46.